The Balaban J connectivity index is 2.21. The van der Waals surface area contributed by atoms with Crippen LogP contribution in [0.2, 0.25) is 5.02 Å². The third kappa shape index (κ3) is 3.90. The number of nitrogens with zero attached hydrogens (tertiary/aromatic N) is 4. The van der Waals surface area contributed by atoms with Crippen LogP contribution in [0, 0.1) is 5.82 Å². The molecule has 2 aromatic carbocycles. The van der Waals surface area contributed by atoms with Gasteiger partial charge in [0.15, 0.2) is 17.4 Å². The minimum atomic E-state index is -0.618. The third-order valence-corrected chi connectivity index (χ3v) is 4.19. The minimum Gasteiger partial charge on any atom is -0.388 e. The van der Waals surface area contributed by atoms with Gasteiger partial charge in [0.2, 0.25) is 0 Å². The predicted octanol–water partition coefficient (Wildman–Crippen LogP) is 2.84. The van der Waals surface area contributed by atoms with Crippen LogP contribution in [0.5, 0.6) is 0 Å². The number of carbonyl (C=O) groups is 1. The van der Waals surface area contributed by atoms with Crippen molar-refractivity contribution in [2.24, 2.45) is 0 Å². The fourth-order valence-corrected chi connectivity index (χ4v) is 2.97. The molecule has 0 aliphatic carbocycles. The first-order valence-electron chi connectivity index (χ1n) is 8.20. The summed E-state index contributed by atoms with van der Waals surface area (Å²) >= 11 is 6.10. The molecule has 27 heavy (non-hydrogen) atoms. The maximum atomic E-state index is 14.2. The highest BCUT2D eigenvalue weighted by Crippen LogP contribution is 2.26. The number of hydrogen-bond donors (Lipinski definition) is 1. The summed E-state index contributed by atoms with van der Waals surface area (Å²) in [4.78, 5) is 14.9. The lowest BCUT2D eigenvalue weighted by Crippen LogP contribution is -2.18. The number of benzene rings is 2. The van der Waals surface area contributed by atoms with E-state index in [9.17, 15) is 14.3 Å². The van der Waals surface area contributed by atoms with E-state index >= 15 is 0 Å². The van der Waals surface area contributed by atoms with Gasteiger partial charge >= 0.3 is 0 Å². The molecule has 0 unspecified atom stereocenters. The molecule has 1 aromatic heterocycles. The van der Waals surface area contributed by atoms with Gasteiger partial charge in [-0.2, -0.15) is 0 Å². The Labute approximate surface area is 160 Å². The Hall–Kier alpha value is -2.61. The predicted molar refractivity (Wildman–Crippen MR) is 99.5 cm³/mol. The molecule has 0 aliphatic rings. The van der Waals surface area contributed by atoms with E-state index in [1.807, 2.05) is 19.0 Å². The number of aliphatic hydroxyl groups excluding tert-OH is 1. The summed E-state index contributed by atoms with van der Waals surface area (Å²) in [5, 5.41) is 18.1. The molecule has 0 aliphatic heterocycles. The molecule has 0 fully saturated rings. The summed E-state index contributed by atoms with van der Waals surface area (Å²) in [6, 6.07) is 10.5. The van der Waals surface area contributed by atoms with Crippen LogP contribution in [-0.4, -0.2) is 44.6 Å². The van der Waals surface area contributed by atoms with Crippen molar-refractivity contribution in [3.63, 3.8) is 0 Å². The molecule has 0 amide bonds. The Morgan fingerprint density at radius 1 is 1.15 bits per heavy atom. The van der Waals surface area contributed by atoms with Gasteiger partial charge in [-0.25, -0.2) is 4.39 Å². The molecule has 0 bridgehead atoms. The second-order valence-electron chi connectivity index (χ2n) is 6.23. The number of halogens is 2. The van der Waals surface area contributed by atoms with Crippen LogP contribution >= 0.6 is 11.6 Å². The Bertz CT molecular complexity index is 988. The minimum absolute atomic E-state index is 0.0613. The topological polar surface area (TPSA) is 71.2 Å². The van der Waals surface area contributed by atoms with Gasteiger partial charge in [-0.3, -0.25) is 9.36 Å². The maximum absolute atomic E-state index is 14.2. The lowest BCUT2D eigenvalue weighted by Gasteiger charge is -2.16. The summed E-state index contributed by atoms with van der Waals surface area (Å²) in [7, 11) is 3.73. The monoisotopic (exact) mass is 388 g/mol. The van der Waals surface area contributed by atoms with Gasteiger partial charge in [0.05, 0.1) is 17.8 Å². The van der Waals surface area contributed by atoms with E-state index in [4.69, 9.17) is 11.6 Å². The normalized spacial score (nSPS) is 11.2. The molecule has 0 radical (unpaired) electrons. The second kappa shape index (κ2) is 7.96. The van der Waals surface area contributed by atoms with Gasteiger partial charge in [0.1, 0.15) is 12.4 Å². The van der Waals surface area contributed by atoms with Crippen molar-refractivity contribution in [3.8, 4) is 5.69 Å². The molecular formula is C19H18ClFN4O2. The quantitative estimate of drug-likeness (QED) is 0.657. The lowest BCUT2D eigenvalue weighted by molar-refractivity contribution is 0.103. The number of carbonyl (C=O) groups excluding carboxylic acids is 1. The molecule has 8 heteroatoms. The zero-order valence-electron chi connectivity index (χ0n) is 14.9. The fourth-order valence-electron chi connectivity index (χ4n) is 2.79. The number of hydrogen-bond acceptors (Lipinski definition) is 5. The smallest absolute Gasteiger partial charge is 0.198 e. The SMILES string of the molecule is CN(C)Cc1nnc(CO)n1-c1ccc(Cl)cc1C(=O)c1ccccc1F. The Morgan fingerprint density at radius 3 is 2.52 bits per heavy atom. The van der Waals surface area contributed by atoms with Crippen LogP contribution in [0.25, 0.3) is 5.69 Å². The van der Waals surface area contributed by atoms with Crippen molar-refractivity contribution >= 4 is 17.4 Å². The molecule has 1 heterocycles. The van der Waals surface area contributed by atoms with Gasteiger partial charge in [-0.1, -0.05) is 23.7 Å². The molecule has 6 nitrogen and oxygen atoms in total. The van der Waals surface area contributed by atoms with Crippen molar-refractivity contribution in [1.29, 1.82) is 0 Å². The summed E-state index contributed by atoms with van der Waals surface area (Å²) in [5.74, 6) is -0.321. The van der Waals surface area contributed by atoms with Crippen LogP contribution in [0.1, 0.15) is 27.6 Å². The average molecular weight is 389 g/mol. The van der Waals surface area contributed by atoms with Crippen molar-refractivity contribution in [2.45, 2.75) is 13.2 Å². The summed E-state index contributed by atoms with van der Waals surface area (Å²) in [6.07, 6.45) is 0. The zero-order valence-corrected chi connectivity index (χ0v) is 15.6. The van der Waals surface area contributed by atoms with E-state index in [1.54, 1.807) is 22.8 Å². The van der Waals surface area contributed by atoms with Crippen molar-refractivity contribution in [3.05, 3.63) is 76.1 Å². The average Bonchev–Trinajstić information content (AvgIpc) is 3.03. The van der Waals surface area contributed by atoms with Gasteiger partial charge in [0, 0.05) is 10.6 Å². The Kier molecular flexibility index (Phi) is 5.65. The highest BCUT2D eigenvalue weighted by atomic mass is 35.5. The molecule has 140 valence electrons. The first kappa shape index (κ1) is 19.2. The van der Waals surface area contributed by atoms with Crippen molar-refractivity contribution in [1.82, 2.24) is 19.7 Å². The second-order valence-corrected chi connectivity index (χ2v) is 6.67. The number of aromatic nitrogens is 3. The van der Waals surface area contributed by atoms with Gasteiger partial charge in [0.25, 0.3) is 0 Å². The van der Waals surface area contributed by atoms with Crippen LogP contribution in [-0.2, 0) is 13.2 Å². The van der Waals surface area contributed by atoms with E-state index in [0.717, 1.165) is 0 Å². The first-order chi connectivity index (χ1) is 12.9. The van der Waals surface area contributed by atoms with Crippen LogP contribution < -0.4 is 0 Å². The Morgan fingerprint density at radius 2 is 1.85 bits per heavy atom. The largest absolute Gasteiger partial charge is 0.388 e. The molecule has 0 saturated carbocycles. The molecule has 0 spiro atoms. The maximum Gasteiger partial charge on any atom is 0.198 e. The molecule has 3 aromatic rings. The zero-order chi connectivity index (χ0) is 19.6. The first-order valence-corrected chi connectivity index (χ1v) is 8.58. The van der Waals surface area contributed by atoms with Gasteiger partial charge in [-0.15, -0.1) is 10.2 Å². The van der Waals surface area contributed by atoms with E-state index in [2.05, 4.69) is 10.2 Å². The molecule has 0 atom stereocenters. The fraction of sp³-hybridized carbons (Fsp3) is 0.211. The molecule has 0 saturated heterocycles. The number of rotatable bonds is 6. The van der Waals surface area contributed by atoms with Crippen molar-refractivity contribution in [2.75, 3.05) is 14.1 Å². The highest BCUT2D eigenvalue weighted by Gasteiger charge is 2.22. The highest BCUT2D eigenvalue weighted by molar-refractivity contribution is 6.31. The van der Waals surface area contributed by atoms with Crippen molar-refractivity contribution < 1.29 is 14.3 Å². The van der Waals surface area contributed by atoms with Gasteiger partial charge < -0.3 is 10.0 Å². The summed E-state index contributed by atoms with van der Waals surface area (Å²) in [5.41, 5.74) is 0.564. The van der Waals surface area contributed by atoms with E-state index < -0.39 is 11.6 Å². The third-order valence-electron chi connectivity index (χ3n) is 3.96. The summed E-state index contributed by atoms with van der Waals surface area (Å²) in [6.45, 7) is 0.0688. The van der Waals surface area contributed by atoms with Crippen LogP contribution in [0.4, 0.5) is 4.39 Å². The van der Waals surface area contributed by atoms with E-state index in [0.29, 0.717) is 23.1 Å². The molecule has 1 N–H and O–H groups in total. The van der Waals surface area contributed by atoms with Crippen LogP contribution in [0.15, 0.2) is 42.5 Å². The lowest BCUT2D eigenvalue weighted by atomic mass is 10.0. The molecule has 3 rings (SSSR count). The van der Waals surface area contributed by atoms with E-state index in [-0.39, 0.29) is 23.6 Å². The van der Waals surface area contributed by atoms with Gasteiger partial charge in [-0.05, 0) is 44.4 Å². The standard InChI is InChI=1S/C19H18ClFN4O2/c1-24(2)10-17-22-23-18(11-26)25(17)16-8-7-12(20)9-14(16)19(27)13-5-3-4-6-15(13)21/h3-9,26H,10-11H2,1-2H3. The summed E-state index contributed by atoms with van der Waals surface area (Å²) < 4.78 is 15.8. The number of aliphatic hydroxyl groups is 1. The molecular weight excluding hydrogens is 371 g/mol. The number of ketones is 1. The van der Waals surface area contributed by atoms with E-state index in [1.165, 1.54) is 24.3 Å². The van der Waals surface area contributed by atoms with Crippen LogP contribution in [0.3, 0.4) is 0 Å².